The average Bonchev–Trinajstić information content (AvgIpc) is 3.42. The van der Waals surface area contributed by atoms with E-state index in [1.54, 1.807) is 0 Å². The van der Waals surface area contributed by atoms with Crippen LogP contribution >= 0.6 is 0 Å². The van der Waals surface area contributed by atoms with Gasteiger partial charge in [-0.2, -0.15) is 0 Å². The van der Waals surface area contributed by atoms with Crippen LogP contribution in [0, 0.1) is 5.92 Å². The molecule has 0 radical (unpaired) electrons. The van der Waals surface area contributed by atoms with Crippen LogP contribution in [0.1, 0.15) is 50.5 Å². The minimum Gasteiger partial charge on any atom is -0.462 e. The van der Waals surface area contributed by atoms with Crippen molar-refractivity contribution in [2.24, 2.45) is 5.92 Å². The first-order valence-electron chi connectivity index (χ1n) is 9.72. The Hall–Kier alpha value is -1.39. The van der Waals surface area contributed by atoms with Crippen LogP contribution in [0.3, 0.4) is 0 Å². The summed E-state index contributed by atoms with van der Waals surface area (Å²) in [5.41, 5.74) is -0.00420. The molecule has 136 valence electrons. The number of hydrogen-bond acceptors (Lipinski definition) is 4. The predicted molar refractivity (Wildman–Crippen MR) is 96.2 cm³/mol. The van der Waals surface area contributed by atoms with E-state index in [2.05, 4.69) is 11.9 Å². The number of fused-ring (bicyclic) bond motifs is 2. The molecule has 1 aliphatic carbocycles. The summed E-state index contributed by atoms with van der Waals surface area (Å²) in [6.07, 6.45) is 7.28. The third-order valence-corrected chi connectivity index (χ3v) is 6.65. The standard InChI is InChI=1S/C21H29NO3/c1-22-17-9-10-18(22)12-19(11-17)25-20(24)21(14-23,13-15-7-8-15)16-5-3-2-4-6-16/h2-6,15,17-19,23H,7-14H2,1H3/t17-,18+,19?,21?. The first-order chi connectivity index (χ1) is 12.1. The second-order valence-electron chi connectivity index (χ2n) is 8.30. The Kier molecular flexibility index (Phi) is 4.59. The van der Waals surface area contributed by atoms with Crippen molar-refractivity contribution < 1.29 is 14.6 Å². The molecule has 2 aliphatic heterocycles. The number of carbonyl (C=O) groups is 1. The van der Waals surface area contributed by atoms with Gasteiger partial charge < -0.3 is 14.7 Å². The lowest BCUT2D eigenvalue weighted by molar-refractivity contribution is -0.162. The number of hydrogen-bond donors (Lipinski definition) is 1. The van der Waals surface area contributed by atoms with Crippen LogP contribution in [0.15, 0.2) is 30.3 Å². The van der Waals surface area contributed by atoms with Gasteiger partial charge in [-0.25, -0.2) is 0 Å². The van der Waals surface area contributed by atoms with Crippen molar-refractivity contribution >= 4 is 5.97 Å². The molecule has 0 amide bonds. The summed E-state index contributed by atoms with van der Waals surface area (Å²) in [5, 5.41) is 10.3. The Bertz CT molecular complexity index is 601. The second kappa shape index (κ2) is 6.73. The van der Waals surface area contributed by atoms with Crippen LogP contribution in [-0.4, -0.2) is 47.8 Å². The van der Waals surface area contributed by atoms with E-state index in [4.69, 9.17) is 4.74 Å². The van der Waals surface area contributed by atoms with Crippen molar-refractivity contribution in [3.8, 4) is 0 Å². The number of esters is 1. The van der Waals surface area contributed by atoms with E-state index in [9.17, 15) is 9.90 Å². The highest BCUT2D eigenvalue weighted by atomic mass is 16.5. The summed E-state index contributed by atoms with van der Waals surface area (Å²) in [7, 11) is 2.19. The second-order valence-corrected chi connectivity index (χ2v) is 8.30. The molecule has 4 rings (SSSR count). The fourth-order valence-electron chi connectivity index (χ4n) is 4.83. The van der Waals surface area contributed by atoms with Crippen molar-refractivity contribution in [3.05, 3.63) is 35.9 Å². The van der Waals surface area contributed by atoms with Crippen LogP contribution < -0.4 is 0 Å². The maximum atomic E-state index is 13.2. The summed E-state index contributed by atoms with van der Waals surface area (Å²) < 4.78 is 6.03. The Labute approximate surface area is 150 Å². The number of carbonyl (C=O) groups excluding carboxylic acids is 1. The van der Waals surface area contributed by atoms with Gasteiger partial charge in [0, 0.05) is 12.1 Å². The number of aliphatic hydroxyl groups is 1. The number of ether oxygens (including phenoxy) is 1. The molecule has 2 bridgehead atoms. The molecule has 2 saturated heterocycles. The lowest BCUT2D eigenvalue weighted by atomic mass is 9.76. The molecule has 1 aromatic rings. The summed E-state index contributed by atoms with van der Waals surface area (Å²) in [5.74, 6) is 0.315. The van der Waals surface area contributed by atoms with Gasteiger partial charge >= 0.3 is 5.97 Å². The monoisotopic (exact) mass is 343 g/mol. The average molecular weight is 343 g/mol. The van der Waals surface area contributed by atoms with Gasteiger partial charge in [0.1, 0.15) is 11.5 Å². The smallest absolute Gasteiger partial charge is 0.319 e. The van der Waals surface area contributed by atoms with Crippen LogP contribution in [0.5, 0.6) is 0 Å². The van der Waals surface area contributed by atoms with Gasteiger partial charge in [0.25, 0.3) is 0 Å². The fourth-order valence-corrected chi connectivity index (χ4v) is 4.83. The zero-order valence-electron chi connectivity index (χ0n) is 15.1. The first kappa shape index (κ1) is 17.0. The quantitative estimate of drug-likeness (QED) is 0.807. The van der Waals surface area contributed by atoms with Crippen LogP contribution in [0.4, 0.5) is 0 Å². The molecule has 0 aromatic heterocycles. The minimum absolute atomic E-state index is 0.00459. The lowest BCUT2D eigenvalue weighted by Crippen LogP contribution is -2.47. The van der Waals surface area contributed by atoms with Gasteiger partial charge in [0.15, 0.2) is 0 Å². The third-order valence-electron chi connectivity index (χ3n) is 6.65. The van der Waals surface area contributed by atoms with Crippen molar-refractivity contribution in [2.45, 2.75) is 68.5 Å². The zero-order valence-corrected chi connectivity index (χ0v) is 15.1. The number of benzene rings is 1. The molecular formula is C21H29NO3. The van der Waals surface area contributed by atoms with Crippen LogP contribution in [0.2, 0.25) is 0 Å². The number of nitrogens with zero attached hydrogens (tertiary/aromatic N) is 1. The van der Waals surface area contributed by atoms with Crippen molar-refractivity contribution in [3.63, 3.8) is 0 Å². The Morgan fingerprint density at radius 2 is 1.80 bits per heavy atom. The zero-order chi connectivity index (χ0) is 17.4. The molecule has 1 aromatic carbocycles. The van der Waals surface area contributed by atoms with Gasteiger partial charge in [-0.15, -0.1) is 0 Å². The van der Waals surface area contributed by atoms with Gasteiger partial charge in [0.05, 0.1) is 6.61 Å². The highest BCUT2D eigenvalue weighted by Crippen LogP contribution is 2.44. The Morgan fingerprint density at radius 3 is 2.36 bits per heavy atom. The molecule has 4 heteroatoms. The maximum absolute atomic E-state index is 13.2. The lowest BCUT2D eigenvalue weighted by Gasteiger charge is -2.38. The largest absolute Gasteiger partial charge is 0.462 e. The summed E-state index contributed by atoms with van der Waals surface area (Å²) in [6.45, 7) is -0.175. The van der Waals surface area contributed by atoms with Gasteiger partial charge in [-0.05, 0) is 50.6 Å². The highest BCUT2D eigenvalue weighted by Gasteiger charge is 2.47. The van der Waals surface area contributed by atoms with E-state index < -0.39 is 5.41 Å². The normalized spacial score (nSPS) is 31.5. The summed E-state index contributed by atoms with van der Waals surface area (Å²) in [4.78, 5) is 15.7. The van der Waals surface area contributed by atoms with Crippen LogP contribution in [-0.2, 0) is 14.9 Å². The van der Waals surface area contributed by atoms with E-state index in [1.165, 1.54) is 12.8 Å². The number of piperidine rings is 1. The summed E-state index contributed by atoms with van der Waals surface area (Å²) in [6, 6.07) is 10.8. The van der Waals surface area contributed by atoms with E-state index >= 15 is 0 Å². The molecule has 2 unspecified atom stereocenters. The molecule has 2 heterocycles. The maximum Gasteiger partial charge on any atom is 0.319 e. The predicted octanol–water partition coefficient (Wildman–Crippen LogP) is 2.89. The Balaban J connectivity index is 1.53. The highest BCUT2D eigenvalue weighted by molar-refractivity contribution is 5.83. The van der Waals surface area contributed by atoms with E-state index in [1.807, 2.05) is 30.3 Å². The molecular weight excluding hydrogens is 314 g/mol. The van der Waals surface area contributed by atoms with Gasteiger partial charge in [-0.3, -0.25) is 4.79 Å². The topological polar surface area (TPSA) is 49.8 Å². The third kappa shape index (κ3) is 3.22. The van der Waals surface area contributed by atoms with Gasteiger partial charge in [-0.1, -0.05) is 43.2 Å². The minimum atomic E-state index is -0.898. The van der Waals surface area contributed by atoms with Gasteiger partial charge in [0.2, 0.25) is 0 Å². The number of aliphatic hydroxyl groups excluding tert-OH is 1. The van der Waals surface area contributed by atoms with Crippen molar-refractivity contribution in [2.75, 3.05) is 13.7 Å². The molecule has 1 saturated carbocycles. The molecule has 3 aliphatic rings. The molecule has 0 spiro atoms. The molecule has 3 fully saturated rings. The van der Waals surface area contributed by atoms with E-state index in [0.717, 1.165) is 31.2 Å². The molecule has 1 N–H and O–H groups in total. The SMILES string of the molecule is CN1[C@@H]2CC[C@H]1CC(OC(=O)C(CO)(CC1CC1)c1ccccc1)C2. The van der Waals surface area contributed by atoms with Crippen molar-refractivity contribution in [1.82, 2.24) is 4.90 Å². The number of rotatable bonds is 6. The van der Waals surface area contributed by atoms with E-state index in [0.29, 0.717) is 24.4 Å². The fraction of sp³-hybridized carbons (Fsp3) is 0.667. The van der Waals surface area contributed by atoms with Crippen LogP contribution in [0.25, 0.3) is 0 Å². The summed E-state index contributed by atoms with van der Waals surface area (Å²) >= 11 is 0. The van der Waals surface area contributed by atoms with E-state index in [-0.39, 0.29) is 18.7 Å². The molecule has 4 atom stereocenters. The first-order valence-corrected chi connectivity index (χ1v) is 9.72. The molecule has 4 nitrogen and oxygen atoms in total. The van der Waals surface area contributed by atoms with Crippen molar-refractivity contribution in [1.29, 1.82) is 0 Å². The molecule has 25 heavy (non-hydrogen) atoms. The Morgan fingerprint density at radius 1 is 1.16 bits per heavy atom.